The molecule has 1 heterocycles. The molecule has 0 radical (unpaired) electrons. The van der Waals surface area contributed by atoms with Crippen LogP contribution in [0.4, 0.5) is 9.93 Å². The first-order chi connectivity index (χ1) is 10.5. The van der Waals surface area contributed by atoms with Gasteiger partial charge < -0.3 is 15.7 Å². The summed E-state index contributed by atoms with van der Waals surface area (Å²) >= 11 is 1.27. The fourth-order valence-electron chi connectivity index (χ4n) is 2.00. The lowest BCUT2D eigenvalue weighted by Crippen LogP contribution is -2.28. The Morgan fingerprint density at radius 2 is 1.95 bits per heavy atom. The Morgan fingerprint density at radius 1 is 1.23 bits per heavy atom. The third kappa shape index (κ3) is 3.85. The van der Waals surface area contributed by atoms with Crippen LogP contribution in [0, 0.1) is 0 Å². The molecule has 0 saturated carbocycles. The number of aromatic hydroxyl groups is 1. The lowest BCUT2D eigenvalue weighted by Gasteiger charge is -2.04. The number of thiazole rings is 1. The summed E-state index contributed by atoms with van der Waals surface area (Å²) in [5, 5.41) is 18.1. The molecule has 7 nitrogen and oxygen atoms in total. The zero-order valence-electron chi connectivity index (χ0n) is 12.4. The smallest absolute Gasteiger partial charge is 0.321 e. The lowest BCUT2D eigenvalue weighted by atomic mass is 10.1. The highest BCUT2D eigenvalue weighted by Crippen LogP contribution is 2.32. The number of phenols is 1. The molecule has 0 saturated heterocycles. The summed E-state index contributed by atoms with van der Waals surface area (Å²) in [6.45, 7) is 4.73. The average Bonchev–Trinajstić information content (AvgIpc) is 2.81. The number of phenolic OH excluding ortho intramolecular Hbond substituents is 1. The zero-order chi connectivity index (χ0) is 16.1. The minimum Gasteiger partial charge on any atom is -0.508 e. The molecular formula is C14H18N4O3S. The molecule has 4 N–H and O–H groups in total. The van der Waals surface area contributed by atoms with Crippen molar-refractivity contribution in [2.45, 2.75) is 20.3 Å². The Kier molecular flexibility index (Phi) is 5.16. The third-order valence-corrected chi connectivity index (χ3v) is 3.90. The average molecular weight is 322 g/mol. The molecule has 2 rings (SSSR count). The number of nitrogens with zero attached hydrogens (tertiary/aromatic N) is 1. The highest BCUT2D eigenvalue weighted by Gasteiger charge is 2.14. The SMILES string of the molecule is CCNC(=O)Cc1cc(O)cc2nc(NC(=O)NCC)sc12. The minimum atomic E-state index is -0.337. The summed E-state index contributed by atoms with van der Waals surface area (Å²) in [6, 6.07) is 2.72. The summed E-state index contributed by atoms with van der Waals surface area (Å²) in [7, 11) is 0. The molecule has 3 amide bonds. The van der Waals surface area contributed by atoms with Crippen LogP contribution < -0.4 is 16.0 Å². The van der Waals surface area contributed by atoms with E-state index in [-0.39, 0.29) is 24.1 Å². The van der Waals surface area contributed by atoms with E-state index in [1.807, 2.05) is 13.8 Å². The molecule has 2 aromatic rings. The van der Waals surface area contributed by atoms with Gasteiger partial charge in [-0.3, -0.25) is 10.1 Å². The molecule has 118 valence electrons. The minimum absolute atomic E-state index is 0.0432. The quantitative estimate of drug-likeness (QED) is 0.674. The molecule has 0 aliphatic carbocycles. The van der Waals surface area contributed by atoms with E-state index in [4.69, 9.17) is 0 Å². The van der Waals surface area contributed by atoms with E-state index in [1.54, 1.807) is 6.07 Å². The van der Waals surface area contributed by atoms with E-state index in [0.29, 0.717) is 29.3 Å². The molecule has 0 spiro atoms. The largest absolute Gasteiger partial charge is 0.508 e. The molecule has 8 heteroatoms. The predicted octanol–water partition coefficient (Wildman–Crippen LogP) is 1.82. The molecular weight excluding hydrogens is 304 g/mol. The van der Waals surface area contributed by atoms with Gasteiger partial charge in [-0.05, 0) is 25.5 Å². The zero-order valence-corrected chi connectivity index (χ0v) is 13.2. The van der Waals surface area contributed by atoms with Crippen molar-refractivity contribution >= 4 is 38.6 Å². The second-order valence-corrected chi connectivity index (χ2v) is 5.59. The van der Waals surface area contributed by atoms with E-state index in [1.165, 1.54) is 17.4 Å². The summed E-state index contributed by atoms with van der Waals surface area (Å²) < 4.78 is 0.774. The molecule has 1 aromatic carbocycles. The Hall–Kier alpha value is -2.35. The number of likely N-dealkylation sites (N-methyl/N-ethyl adjacent to an activating group) is 1. The van der Waals surface area contributed by atoms with E-state index >= 15 is 0 Å². The van der Waals surface area contributed by atoms with Crippen molar-refractivity contribution < 1.29 is 14.7 Å². The summed E-state index contributed by atoms with van der Waals surface area (Å²) in [5.41, 5.74) is 1.23. The van der Waals surface area contributed by atoms with Gasteiger partial charge in [-0.2, -0.15) is 0 Å². The number of fused-ring (bicyclic) bond motifs is 1. The number of urea groups is 1. The Morgan fingerprint density at radius 3 is 2.64 bits per heavy atom. The fourth-order valence-corrected chi connectivity index (χ4v) is 2.96. The van der Waals surface area contributed by atoms with Gasteiger partial charge in [0, 0.05) is 19.2 Å². The van der Waals surface area contributed by atoms with Gasteiger partial charge in [0.1, 0.15) is 5.75 Å². The Balaban J connectivity index is 2.30. The normalized spacial score (nSPS) is 10.5. The molecule has 0 aliphatic heterocycles. The van der Waals surface area contributed by atoms with E-state index < -0.39 is 0 Å². The standard InChI is InChI=1S/C14H18N4O3S/c1-3-15-11(20)6-8-5-9(19)7-10-12(8)22-14(17-10)18-13(21)16-4-2/h5,7,19H,3-4,6H2,1-2H3,(H,15,20)(H2,16,17,18,21). The van der Waals surface area contributed by atoms with Gasteiger partial charge in [0.15, 0.2) is 5.13 Å². The van der Waals surface area contributed by atoms with Crippen LogP contribution in [0.1, 0.15) is 19.4 Å². The van der Waals surface area contributed by atoms with Crippen LogP contribution in [0.3, 0.4) is 0 Å². The monoisotopic (exact) mass is 322 g/mol. The van der Waals surface area contributed by atoms with Crippen molar-refractivity contribution in [1.82, 2.24) is 15.6 Å². The third-order valence-electron chi connectivity index (χ3n) is 2.83. The summed E-state index contributed by atoms with van der Waals surface area (Å²) in [4.78, 5) is 27.5. The number of aromatic nitrogens is 1. The number of amides is 3. The van der Waals surface area contributed by atoms with E-state index in [9.17, 15) is 14.7 Å². The summed E-state index contributed by atoms with van der Waals surface area (Å²) in [6.07, 6.45) is 0.154. The van der Waals surface area contributed by atoms with Crippen LogP contribution in [0.25, 0.3) is 10.2 Å². The first-order valence-electron chi connectivity index (χ1n) is 6.97. The van der Waals surface area contributed by atoms with Crippen LogP contribution in [0.15, 0.2) is 12.1 Å². The Bertz CT molecular complexity index is 699. The maximum absolute atomic E-state index is 11.7. The van der Waals surface area contributed by atoms with Crippen LogP contribution in [0.5, 0.6) is 5.75 Å². The van der Waals surface area contributed by atoms with Gasteiger partial charge in [0.25, 0.3) is 0 Å². The molecule has 0 unspecified atom stereocenters. The topological polar surface area (TPSA) is 103 Å². The first-order valence-corrected chi connectivity index (χ1v) is 7.79. The van der Waals surface area contributed by atoms with Gasteiger partial charge in [-0.25, -0.2) is 9.78 Å². The molecule has 22 heavy (non-hydrogen) atoms. The predicted molar refractivity (Wildman–Crippen MR) is 86.4 cm³/mol. The van der Waals surface area contributed by atoms with Crippen LogP contribution in [-0.4, -0.2) is 35.1 Å². The highest BCUT2D eigenvalue weighted by molar-refractivity contribution is 7.22. The first kappa shape index (κ1) is 16.0. The highest BCUT2D eigenvalue weighted by atomic mass is 32.1. The number of benzene rings is 1. The lowest BCUT2D eigenvalue weighted by molar-refractivity contribution is -0.120. The van der Waals surface area contributed by atoms with Gasteiger partial charge in [0.05, 0.1) is 16.6 Å². The second-order valence-electron chi connectivity index (χ2n) is 4.59. The summed E-state index contributed by atoms with van der Waals surface area (Å²) in [5.74, 6) is -0.0808. The van der Waals surface area contributed by atoms with Gasteiger partial charge in [-0.15, -0.1) is 0 Å². The van der Waals surface area contributed by atoms with Crippen molar-refractivity contribution in [1.29, 1.82) is 0 Å². The molecule has 0 aliphatic rings. The van der Waals surface area contributed by atoms with Crippen molar-refractivity contribution in [3.05, 3.63) is 17.7 Å². The maximum Gasteiger partial charge on any atom is 0.321 e. The number of carbonyl (C=O) groups is 2. The molecule has 1 aromatic heterocycles. The molecule has 0 fully saturated rings. The van der Waals surface area contributed by atoms with E-state index in [2.05, 4.69) is 20.9 Å². The number of anilines is 1. The Labute approximate surface area is 131 Å². The van der Waals surface area contributed by atoms with Gasteiger partial charge in [0.2, 0.25) is 5.91 Å². The number of hydrogen-bond donors (Lipinski definition) is 4. The van der Waals surface area contributed by atoms with Crippen molar-refractivity contribution in [2.24, 2.45) is 0 Å². The van der Waals surface area contributed by atoms with Crippen LogP contribution in [0.2, 0.25) is 0 Å². The van der Waals surface area contributed by atoms with Crippen molar-refractivity contribution in [3.8, 4) is 5.75 Å². The fraction of sp³-hybridized carbons (Fsp3) is 0.357. The number of nitrogens with one attached hydrogen (secondary N) is 3. The number of carbonyl (C=O) groups excluding carboxylic acids is 2. The second kappa shape index (κ2) is 7.08. The van der Waals surface area contributed by atoms with Crippen molar-refractivity contribution in [2.75, 3.05) is 18.4 Å². The van der Waals surface area contributed by atoms with Gasteiger partial charge >= 0.3 is 6.03 Å². The van der Waals surface area contributed by atoms with E-state index in [0.717, 1.165) is 4.70 Å². The number of rotatable bonds is 5. The van der Waals surface area contributed by atoms with Gasteiger partial charge in [-0.1, -0.05) is 11.3 Å². The molecule has 0 bridgehead atoms. The van der Waals surface area contributed by atoms with Crippen LogP contribution >= 0.6 is 11.3 Å². The van der Waals surface area contributed by atoms with Crippen molar-refractivity contribution in [3.63, 3.8) is 0 Å². The maximum atomic E-state index is 11.7. The molecule has 0 atom stereocenters. The van der Waals surface area contributed by atoms with Crippen LogP contribution in [-0.2, 0) is 11.2 Å². The number of hydrogen-bond acceptors (Lipinski definition) is 5.